The highest BCUT2D eigenvalue weighted by atomic mass is 31.1. The second kappa shape index (κ2) is 9.69. The van der Waals surface area contributed by atoms with Gasteiger partial charge in [-0.25, -0.2) is 0 Å². The zero-order valence-electron chi connectivity index (χ0n) is 20.6. The average molecular weight is 447 g/mol. The van der Waals surface area contributed by atoms with Crippen LogP contribution in [0.1, 0.15) is 72.4 Å². The molecule has 2 aromatic rings. The molecule has 2 N–H and O–H groups in total. The smallest absolute Gasteiger partial charge is 0.127 e. The Morgan fingerprint density at radius 1 is 0.742 bits per heavy atom. The van der Waals surface area contributed by atoms with Crippen molar-refractivity contribution in [2.45, 2.75) is 72.1 Å². The number of rotatable bonds is 7. The Kier molecular flexibility index (Phi) is 7.92. The lowest BCUT2D eigenvalue weighted by atomic mass is 9.86. The van der Waals surface area contributed by atoms with E-state index in [9.17, 15) is 10.2 Å². The summed E-state index contributed by atoms with van der Waals surface area (Å²) in [6, 6.07) is 7.69. The minimum absolute atomic E-state index is 0.244. The minimum atomic E-state index is -1.03. The first-order valence-electron chi connectivity index (χ1n) is 11.0. The van der Waals surface area contributed by atoms with Crippen molar-refractivity contribution in [3.8, 4) is 23.0 Å². The highest BCUT2D eigenvalue weighted by molar-refractivity contribution is 7.73. The van der Waals surface area contributed by atoms with Gasteiger partial charge in [-0.3, -0.25) is 0 Å². The molecule has 0 amide bonds. The van der Waals surface area contributed by atoms with E-state index in [0.29, 0.717) is 11.5 Å². The fraction of sp³-hybridized carbons (Fsp3) is 0.538. The zero-order valence-corrected chi connectivity index (χ0v) is 21.5. The minimum Gasteiger partial charge on any atom is -0.507 e. The van der Waals surface area contributed by atoms with Gasteiger partial charge < -0.3 is 19.7 Å². The summed E-state index contributed by atoms with van der Waals surface area (Å²) in [5.74, 6) is 2.05. The third kappa shape index (κ3) is 5.66. The van der Waals surface area contributed by atoms with Crippen molar-refractivity contribution in [2.24, 2.45) is 0 Å². The van der Waals surface area contributed by atoms with Crippen LogP contribution in [0.15, 0.2) is 24.3 Å². The van der Waals surface area contributed by atoms with Gasteiger partial charge in [0.15, 0.2) is 0 Å². The molecule has 4 nitrogen and oxygen atoms in total. The molecule has 0 atom stereocenters. The first kappa shape index (κ1) is 25.3. The van der Waals surface area contributed by atoms with Gasteiger partial charge in [0.05, 0.1) is 14.2 Å². The number of benzene rings is 2. The summed E-state index contributed by atoms with van der Waals surface area (Å²) in [5, 5.41) is 24.4. The third-order valence-corrected chi connectivity index (χ3v) is 8.14. The van der Waals surface area contributed by atoms with Crippen molar-refractivity contribution in [2.75, 3.05) is 20.4 Å². The van der Waals surface area contributed by atoms with Gasteiger partial charge in [-0.15, -0.1) is 0 Å². The van der Waals surface area contributed by atoms with Crippen LogP contribution in [0.5, 0.6) is 23.0 Å². The molecule has 2 aromatic carbocycles. The van der Waals surface area contributed by atoms with Gasteiger partial charge in [0.2, 0.25) is 0 Å². The zero-order chi connectivity index (χ0) is 23.6. The fourth-order valence-corrected chi connectivity index (χ4v) is 6.36. The van der Waals surface area contributed by atoms with E-state index in [0.717, 1.165) is 52.2 Å². The molecule has 31 heavy (non-hydrogen) atoms. The molecule has 0 saturated heterocycles. The number of phenolic OH excluding ortho intramolecular Hbond substituents is 2. The quantitative estimate of drug-likeness (QED) is 0.517. The highest BCUT2D eigenvalue weighted by Crippen LogP contribution is 2.47. The van der Waals surface area contributed by atoms with Crippen LogP contribution in [0.3, 0.4) is 0 Å². The third-order valence-electron chi connectivity index (χ3n) is 5.53. The Morgan fingerprint density at radius 3 is 1.42 bits per heavy atom. The topological polar surface area (TPSA) is 58.9 Å². The predicted octanol–water partition coefficient (Wildman–Crippen LogP) is 5.94. The van der Waals surface area contributed by atoms with Crippen LogP contribution >= 0.6 is 7.92 Å². The fourth-order valence-electron chi connectivity index (χ4n) is 3.66. The van der Waals surface area contributed by atoms with E-state index in [1.54, 1.807) is 14.2 Å². The molecule has 0 unspecified atom stereocenters. The summed E-state index contributed by atoms with van der Waals surface area (Å²) in [7, 11) is 2.27. The Hall–Kier alpha value is -1.93. The molecule has 0 bridgehead atoms. The van der Waals surface area contributed by atoms with Gasteiger partial charge >= 0.3 is 0 Å². The highest BCUT2D eigenvalue weighted by Gasteiger charge is 2.30. The lowest BCUT2D eigenvalue weighted by molar-refractivity contribution is 0.407. The van der Waals surface area contributed by atoms with E-state index in [2.05, 4.69) is 48.5 Å². The Morgan fingerprint density at radius 2 is 1.13 bits per heavy atom. The molecular weight excluding hydrogens is 407 g/mol. The van der Waals surface area contributed by atoms with Crippen LogP contribution in [0.25, 0.3) is 0 Å². The maximum absolute atomic E-state index is 11.4. The number of hydrogen-bond acceptors (Lipinski definition) is 4. The number of phenols is 2. The van der Waals surface area contributed by atoms with Crippen molar-refractivity contribution < 1.29 is 19.7 Å². The van der Waals surface area contributed by atoms with Gasteiger partial charge in [-0.1, -0.05) is 54.9 Å². The van der Waals surface area contributed by atoms with E-state index in [-0.39, 0.29) is 10.8 Å². The Labute approximate surface area is 189 Å². The first-order chi connectivity index (χ1) is 14.3. The molecule has 5 heteroatoms. The SMILES string of the molecule is CCCCP(c1cc(OC)cc(C(C)(C)C)c1O)c1cc(OC)cc(C(C)(C)C)c1O. The van der Waals surface area contributed by atoms with E-state index >= 15 is 0 Å². The number of unbranched alkanes of at least 4 members (excludes halogenated alkanes) is 1. The average Bonchev–Trinajstić information content (AvgIpc) is 2.68. The monoisotopic (exact) mass is 446 g/mol. The molecule has 0 aromatic heterocycles. The Balaban J connectivity index is 2.85. The van der Waals surface area contributed by atoms with Crippen LogP contribution in [-0.4, -0.2) is 30.6 Å². The lowest BCUT2D eigenvalue weighted by Crippen LogP contribution is -2.22. The van der Waals surface area contributed by atoms with Gasteiger partial charge in [0.25, 0.3) is 0 Å². The van der Waals surface area contributed by atoms with Gasteiger partial charge in [-0.2, -0.15) is 0 Å². The summed E-state index contributed by atoms with van der Waals surface area (Å²) >= 11 is 0. The molecule has 0 aliphatic rings. The van der Waals surface area contributed by atoms with Crippen molar-refractivity contribution in [1.82, 2.24) is 0 Å². The molecule has 0 aliphatic heterocycles. The van der Waals surface area contributed by atoms with Crippen LogP contribution in [0.4, 0.5) is 0 Å². The standard InChI is InChI=1S/C26H39O4P/c1-10-11-12-31(21-15-17(29-8)13-19(23(21)27)25(2,3)4)22-16-18(30-9)14-20(24(22)28)26(5,6)7/h13-16,27-28H,10-12H2,1-9H3. The summed E-state index contributed by atoms with van der Waals surface area (Å²) in [5.41, 5.74) is 1.21. The van der Waals surface area contributed by atoms with Crippen molar-refractivity contribution >= 4 is 18.5 Å². The summed E-state index contributed by atoms with van der Waals surface area (Å²) in [6.07, 6.45) is 2.89. The van der Waals surface area contributed by atoms with Crippen molar-refractivity contribution in [1.29, 1.82) is 0 Å². The second-order valence-electron chi connectivity index (χ2n) is 10.1. The molecule has 0 heterocycles. The largest absolute Gasteiger partial charge is 0.507 e. The molecule has 0 radical (unpaired) electrons. The van der Waals surface area contributed by atoms with E-state index in [4.69, 9.17) is 9.47 Å². The van der Waals surface area contributed by atoms with Crippen molar-refractivity contribution in [3.63, 3.8) is 0 Å². The van der Waals surface area contributed by atoms with Crippen LogP contribution < -0.4 is 20.1 Å². The molecule has 0 fully saturated rings. The molecule has 0 aliphatic carbocycles. The number of ether oxygens (including phenoxy) is 2. The van der Waals surface area contributed by atoms with Crippen LogP contribution in [0, 0.1) is 0 Å². The summed E-state index contributed by atoms with van der Waals surface area (Å²) in [4.78, 5) is 0. The maximum atomic E-state index is 11.4. The summed E-state index contributed by atoms with van der Waals surface area (Å²) in [6.45, 7) is 14.7. The van der Waals surface area contributed by atoms with Crippen LogP contribution in [-0.2, 0) is 10.8 Å². The first-order valence-corrected chi connectivity index (χ1v) is 12.5. The van der Waals surface area contributed by atoms with Gasteiger partial charge in [0, 0.05) is 21.7 Å². The molecule has 0 spiro atoms. The molecule has 0 saturated carbocycles. The van der Waals surface area contributed by atoms with Gasteiger partial charge in [-0.05, 0) is 55.6 Å². The predicted molar refractivity (Wildman–Crippen MR) is 133 cm³/mol. The normalized spacial score (nSPS) is 12.3. The van der Waals surface area contributed by atoms with E-state index in [1.165, 1.54) is 0 Å². The number of aromatic hydroxyl groups is 2. The molecule has 172 valence electrons. The molecular formula is C26H39O4P. The molecule has 2 rings (SSSR count). The lowest BCUT2D eigenvalue weighted by Gasteiger charge is -2.29. The van der Waals surface area contributed by atoms with E-state index < -0.39 is 7.92 Å². The number of hydrogen-bond donors (Lipinski definition) is 2. The van der Waals surface area contributed by atoms with E-state index in [1.807, 2.05) is 24.3 Å². The van der Waals surface area contributed by atoms with Crippen LogP contribution in [0.2, 0.25) is 0 Å². The second-order valence-corrected chi connectivity index (χ2v) is 12.4. The van der Waals surface area contributed by atoms with Gasteiger partial charge in [0.1, 0.15) is 23.0 Å². The summed E-state index contributed by atoms with van der Waals surface area (Å²) < 4.78 is 11.2. The Bertz CT molecular complexity index is 836. The maximum Gasteiger partial charge on any atom is 0.127 e. The number of methoxy groups -OCH3 is 2. The van der Waals surface area contributed by atoms with Crippen molar-refractivity contribution in [3.05, 3.63) is 35.4 Å².